The van der Waals surface area contributed by atoms with Gasteiger partial charge in [-0.3, -0.25) is 0 Å². The van der Waals surface area contributed by atoms with Gasteiger partial charge in [0.2, 0.25) is 0 Å². The molecule has 1 aromatic heterocycles. The van der Waals surface area contributed by atoms with Crippen LogP contribution in [0.2, 0.25) is 0 Å². The molecule has 0 spiro atoms. The second-order valence-corrected chi connectivity index (χ2v) is 6.26. The van der Waals surface area contributed by atoms with E-state index in [1.54, 1.807) is 0 Å². The molecule has 1 aliphatic heterocycles. The van der Waals surface area contributed by atoms with E-state index in [1.807, 2.05) is 23.1 Å². The number of nitrogens with zero attached hydrogens (tertiary/aromatic N) is 1. The van der Waals surface area contributed by atoms with Gasteiger partial charge in [0.05, 0.1) is 10.7 Å². The average molecular weight is 226 g/mol. The summed E-state index contributed by atoms with van der Waals surface area (Å²) in [6.07, 6.45) is 2.66. The minimum absolute atomic E-state index is 0.684. The fraction of sp³-hybridized carbons (Fsp3) is 0.700. The molecule has 76 valence electrons. The summed E-state index contributed by atoms with van der Waals surface area (Å²) in [5.41, 5.74) is 7.09. The first-order chi connectivity index (χ1) is 6.88. The van der Waals surface area contributed by atoms with Crippen LogP contribution in [0.4, 0.5) is 0 Å². The zero-order valence-corrected chi connectivity index (χ0v) is 9.66. The zero-order chi connectivity index (χ0) is 9.54. The predicted molar refractivity (Wildman–Crippen MR) is 62.0 cm³/mol. The average Bonchev–Trinajstić information content (AvgIpc) is 2.85. The van der Waals surface area contributed by atoms with Crippen molar-refractivity contribution in [1.82, 2.24) is 4.98 Å². The van der Waals surface area contributed by atoms with Gasteiger partial charge in [-0.15, -0.1) is 11.3 Å². The lowest BCUT2D eigenvalue weighted by Crippen LogP contribution is -2.14. The minimum Gasteiger partial charge on any atom is -0.326 e. The van der Waals surface area contributed by atoms with Crippen molar-refractivity contribution in [1.29, 1.82) is 0 Å². The van der Waals surface area contributed by atoms with E-state index in [2.05, 4.69) is 0 Å². The molecule has 1 aliphatic carbocycles. The van der Waals surface area contributed by atoms with Crippen LogP contribution in [-0.2, 0) is 6.54 Å². The monoisotopic (exact) mass is 226 g/mol. The molecule has 2 fully saturated rings. The highest BCUT2D eigenvalue weighted by atomic mass is 32.2. The molecule has 0 bridgehead atoms. The summed E-state index contributed by atoms with van der Waals surface area (Å²) in [6.45, 7) is 0.684. The normalized spacial score (nSPS) is 22.4. The Kier molecular flexibility index (Phi) is 2.30. The summed E-state index contributed by atoms with van der Waals surface area (Å²) in [5, 5.41) is 1.35. The molecule has 0 unspecified atom stereocenters. The van der Waals surface area contributed by atoms with Crippen LogP contribution in [0.3, 0.4) is 0 Å². The first-order valence-electron chi connectivity index (χ1n) is 5.15. The molecule has 0 radical (unpaired) electrons. The van der Waals surface area contributed by atoms with Crippen molar-refractivity contribution in [3.05, 3.63) is 15.6 Å². The van der Waals surface area contributed by atoms with Crippen LogP contribution < -0.4 is 5.73 Å². The summed E-state index contributed by atoms with van der Waals surface area (Å²) < 4.78 is 0. The highest BCUT2D eigenvalue weighted by Crippen LogP contribution is 2.45. The molecule has 3 rings (SSSR count). The van der Waals surface area contributed by atoms with Crippen LogP contribution in [0.25, 0.3) is 0 Å². The molecule has 1 saturated carbocycles. The molecule has 1 saturated heterocycles. The number of aromatic nitrogens is 1. The van der Waals surface area contributed by atoms with Gasteiger partial charge in [0, 0.05) is 34.8 Å². The third-order valence-electron chi connectivity index (χ3n) is 2.88. The van der Waals surface area contributed by atoms with Crippen molar-refractivity contribution in [3.8, 4) is 0 Å². The number of thiazole rings is 1. The molecule has 2 N–H and O–H groups in total. The van der Waals surface area contributed by atoms with Crippen LogP contribution in [0.15, 0.2) is 0 Å². The second-order valence-electron chi connectivity index (χ2n) is 4.07. The van der Waals surface area contributed by atoms with Gasteiger partial charge < -0.3 is 5.73 Å². The van der Waals surface area contributed by atoms with E-state index in [-0.39, 0.29) is 0 Å². The molecule has 2 nitrogen and oxygen atoms in total. The van der Waals surface area contributed by atoms with Gasteiger partial charge in [-0.05, 0) is 12.8 Å². The van der Waals surface area contributed by atoms with Crippen molar-refractivity contribution in [2.24, 2.45) is 5.73 Å². The Labute approximate surface area is 92.3 Å². The molecule has 2 aliphatic rings. The van der Waals surface area contributed by atoms with Gasteiger partial charge in [0.25, 0.3) is 0 Å². The maximum Gasteiger partial charge on any atom is 0.0979 e. The van der Waals surface area contributed by atoms with E-state index in [1.165, 1.54) is 39.9 Å². The molecule has 0 aromatic carbocycles. The van der Waals surface area contributed by atoms with Gasteiger partial charge in [-0.2, -0.15) is 11.8 Å². The molecule has 2 heterocycles. The van der Waals surface area contributed by atoms with Crippen molar-refractivity contribution in [2.45, 2.75) is 31.2 Å². The van der Waals surface area contributed by atoms with Crippen molar-refractivity contribution < 1.29 is 0 Å². The Morgan fingerprint density at radius 2 is 2.07 bits per heavy atom. The lowest BCUT2D eigenvalue weighted by atomic mass is 10.2. The largest absolute Gasteiger partial charge is 0.326 e. The highest BCUT2D eigenvalue weighted by Gasteiger charge is 2.31. The molecule has 14 heavy (non-hydrogen) atoms. The Morgan fingerprint density at radius 3 is 2.57 bits per heavy atom. The molecule has 0 amide bonds. The maximum atomic E-state index is 5.75. The van der Waals surface area contributed by atoms with E-state index in [4.69, 9.17) is 10.7 Å². The van der Waals surface area contributed by atoms with Gasteiger partial charge in [0.15, 0.2) is 0 Å². The Bertz CT molecular complexity index is 340. The van der Waals surface area contributed by atoms with Crippen molar-refractivity contribution >= 4 is 23.1 Å². The van der Waals surface area contributed by atoms with Crippen LogP contribution in [-0.4, -0.2) is 16.5 Å². The highest BCUT2D eigenvalue weighted by molar-refractivity contribution is 8.00. The van der Waals surface area contributed by atoms with Crippen molar-refractivity contribution in [3.63, 3.8) is 0 Å². The van der Waals surface area contributed by atoms with Gasteiger partial charge in [-0.1, -0.05) is 0 Å². The SMILES string of the molecule is NCc1sc(C2CSC2)nc1C1CC1. The molecule has 0 atom stereocenters. The van der Waals surface area contributed by atoms with Gasteiger partial charge in [0.1, 0.15) is 0 Å². The van der Waals surface area contributed by atoms with Crippen LogP contribution in [0.1, 0.15) is 40.3 Å². The lowest BCUT2D eigenvalue weighted by Gasteiger charge is -2.22. The number of rotatable bonds is 3. The van der Waals surface area contributed by atoms with Gasteiger partial charge in [-0.25, -0.2) is 4.98 Å². The van der Waals surface area contributed by atoms with Gasteiger partial charge >= 0.3 is 0 Å². The summed E-state index contributed by atoms with van der Waals surface area (Å²) in [6, 6.07) is 0. The smallest absolute Gasteiger partial charge is 0.0979 e. The van der Waals surface area contributed by atoms with Crippen LogP contribution >= 0.6 is 23.1 Å². The topological polar surface area (TPSA) is 38.9 Å². The second kappa shape index (κ2) is 3.51. The van der Waals surface area contributed by atoms with E-state index < -0.39 is 0 Å². The summed E-state index contributed by atoms with van der Waals surface area (Å²) in [5.74, 6) is 4.03. The Hall–Kier alpha value is -0.0600. The van der Waals surface area contributed by atoms with E-state index in [9.17, 15) is 0 Å². The number of thioether (sulfide) groups is 1. The predicted octanol–water partition coefficient (Wildman–Crippen LogP) is 2.31. The summed E-state index contributed by atoms with van der Waals surface area (Å²) in [4.78, 5) is 6.14. The minimum atomic E-state index is 0.684. The van der Waals surface area contributed by atoms with E-state index >= 15 is 0 Å². The molecular formula is C10H14N2S2. The Balaban J connectivity index is 1.89. The number of hydrogen-bond donors (Lipinski definition) is 1. The van der Waals surface area contributed by atoms with E-state index in [0.29, 0.717) is 6.54 Å². The van der Waals surface area contributed by atoms with Crippen molar-refractivity contribution in [2.75, 3.05) is 11.5 Å². The number of hydrogen-bond acceptors (Lipinski definition) is 4. The van der Waals surface area contributed by atoms with Crippen LogP contribution in [0, 0.1) is 0 Å². The first kappa shape index (κ1) is 9.19. The standard InChI is InChI=1S/C10H14N2S2/c11-3-8-9(6-1-2-6)12-10(14-8)7-4-13-5-7/h6-7H,1-5,11H2. The number of nitrogens with two attached hydrogens (primary N) is 1. The Morgan fingerprint density at radius 1 is 1.29 bits per heavy atom. The van der Waals surface area contributed by atoms with E-state index in [0.717, 1.165) is 11.8 Å². The third-order valence-corrected chi connectivity index (χ3v) is 5.41. The molecule has 4 heteroatoms. The zero-order valence-electron chi connectivity index (χ0n) is 8.03. The van der Waals surface area contributed by atoms with Crippen LogP contribution in [0.5, 0.6) is 0 Å². The molecule has 1 aromatic rings. The summed E-state index contributed by atoms with van der Waals surface area (Å²) >= 11 is 3.88. The lowest BCUT2D eigenvalue weighted by molar-refractivity contribution is 0.822. The summed E-state index contributed by atoms with van der Waals surface area (Å²) in [7, 11) is 0. The first-order valence-corrected chi connectivity index (χ1v) is 7.13. The molecular weight excluding hydrogens is 212 g/mol. The quantitative estimate of drug-likeness (QED) is 0.859. The fourth-order valence-corrected chi connectivity index (χ4v) is 3.89. The third kappa shape index (κ3) is 1.49. The fourth-order valence-electron chi connectivity index (χ4n) is 1.76. The maximum absolute atomic E-state index is 5.75.